The number of aliphatic hydroxyl groups excluding tert-OH is 1. The van der Waals surface area contributed by atoms with E-state index >= 15 is 0 Å². The molecule has 2 heterocycles. The molecule has 8 nitrogen and oxygen atoms in total. The minimum atomic E-state index is -1.75. The SMILES string of the molecule is CCCCCCCCC(=O)O[C@@]12CC[C@@H](NC(C)=O)[C@H](O1)C(CCO)OC2=O. The fraction of sp³-hybridized carbons (Fsp3) is 0.850. The van der Waals surface area contributed by atoms with Crippen LogP contribution in [0.5, 0.6) is 0 Å². The highest BCUT2D eigenvalue weighted by molar-refractivity contribution is 5.83. The van der Waals surface area contributed by atoms with Crippen molar-refractivity contribution in [2.75, 3.05) is 6.61 Å². The second kappa shape index (κ2) is 10.8. The summed E-state index contributed by atoms with van der Waals surface area (Å²) < 4.78 is 16.8. The number of aliphatic hydroxyl groups is 1. The van der Waals surface area contributed by atoms with E-state index in [0.29, 0.717) is 12.8 Å². The van der Waals surface area contributed by atoms with Crippen molar-refractivity contribution >= 4 is 17.8 Å². The van der Waals surface area contributed by atoms with E-state index in [0.717, 1.165) is 19.3 Å². The van der Waals surface area contributed by atoms with Gasteiger partial charge in [-0.3, -0.25) is 9.59 Å². The Morgan fingerprint density at radius 1 is 1.25 bits per heavy atom. The monoisotopic (exact) mass is 399 g/mol. The van der Waals surface area contributed by atoms with Gasteiger partial charge in [0.15, 0.2) is 0 Å². The number of nitrogens with one attached hydrogen (secondary N) is 1. The Kier molecular flexibility index (Phi) is 8.69. The molecule has 4 atom stereocenters. The van der Waals surface area contributed by atoms with E-state index in [1.165, 1.54) is 19.8 Å². The minimum Gasteiger partial charge on any atom is -0.455 e. The van der Waals surface area contributed by atoms with Gasteiger partial charge in [0, 0.05) is 32.8 Å². The first-order chi connectivity index (χ1) is 13.4. The maximum Gasteiger partial charge on any atom is 0.380 e. The molecular formula is C20H33NO7. The quantitative estimate of drug-likeness (QED) is 0.403. The van der Waals surface area contributed by atoms with Gasteiger partial charge in [-0.2, -0.15) is 0 Å². The van der Waals surface area contributed by atoms with E-state index in [-0.39, 0.29) is 37.8 Å². The molecule has 2 N–H and O–H groups in total. The number of rotatable bonds is 11. The largest absolute Gasteiger partial charge is 0.455 e. The molecule has 2 bridgehead atoms. The highest BCUT2D eigenvalue weighted by Crippen LogP contribution is 2.39. The van der Waals surface area contributed by atoms with Gasteiger partial charge < -0.3 is 24.6 Å². The number of fused-ring (bicyclic) bond motifs is 2. The van der Waals surface area contributed by atoms with Gasteiger partial charge in [-0.05, 0) is 12.8 Å². The molecule has 0 aromatic rings. The zero-order valence-corrected chi connectivity index (χ0v) is 16.9. The summed E-state index contributed by atoms with van der Waals surface area (Å²) in [6.07, 6.45) is 5.85. The molecule has 2 aliphatic heterocycles. The van der Waals surface area contributed by atoms with Crippen molar-refractivity contribution in [3.05, 3.63) is 0 Å². The fourth-order valence-corrected chi connectivity index (χ4v) is 3.82. The zero-order chi connectivity index (χ0) is 20.6. The molecule has 0 radical (unpaired) electrons. The molecule has 2 aliphatic rings. The van der Waals surface area contributed by atoms with E-state index < -0.39 is 29.9 Å². The fourth-order valence-electron chi connectivity index (χ4n) is 3.82. The van der Waals surface area contributed by atoms with Gasteiger partial charge in [-0.25, -0.2) is 4.79 Å². The lowest BCUT2D eigenvalue weighted by Gasteiger charge is -2.48. The number of carbonyl (C=O) groups is 3. The van der Waals surface area contributed by atoms with Crippen LogP contribution in [0.15, 0.2) is 0 Å². The Balaban J connectivity index is 1.94. The molecule has 0 aromatic heterocycles. The van der Waals surface area contributed by atoms with Crippen LogP contribution in [0, 0.1) is 0 Å². The third-order valence-electron chi connectivity index (χ3n) is 5.26. The topological polar surface area (TPSA) is 111 Å². The van der Waals surface area contributed by atoms with Crippen LogP contribution >= 0.6 is 0 Å². The minimum absolute atomic E-state index is 0.126. The number of amides is 1. The predicted octanol–water partition coefficient (Wildman–Crippen LogP) is 1.97. The summed E-state index contributed by atoms with van der Waals surface area (Å²) in [6, 6.07) is -0.368. The molecule has 160 valence electrons. The van der Waals surface area contributed by atoms with E-state index in [4.69, 9.17) is 14.2 Å². The number of unbranched alkanes of at least 4 members (excludes halogenated alkanes) is 5. The van der Waals surface area contributed by atoms with Crippen molar-refractivity contribution < 1.29 is 33.7 Å². The van der Waals surface area contributed by atoms with Crippen molar-refractivity contribution in [1.82, 2.24) is 5.32 Å². The molecule has 0 saturated carbocycles. The van der Waals surface area contributed by atoms with Crippen molar-refractivity contribution in [3.8, 4) is 0 Å². The average molecular weight is 399 g/mol. The maximum absolute atomic E-state index is 12.5. The van der Waals surface area contributed by atoms with Gasteiger partial charge in [0.05, 0.1) is 6.04 Å². The maximum atomic E-state index is 12.5. The third-order valence-corrected chi connectivity index (χ3v) is 5.26. The van der Waals surface area contributed by atoms with Crippen LogP contribution in [0.2, 0.25) is 0 Å². The van der Waals surface area contributed by atoms with Crippen LogP contribution in [0.1, 0.15) is 78.1 Å². The molecule has 1 amide bonds. The summed E-state index contributed by atoms with van der Waals surface area (Å²) in [7, 11) is 0. The zero-order valence-electron chi connectivity index (χ0n) is 16.9. The summed E-state index contributed by atoms with van der Waals surface area (Å²) in [4.78, 5) is 36.3. The molecular weight excluding hydrogens is 366 g/mol. The Morgan fingerprint density at radius 2 is 1.96 bits per heavy atom. The molecule has 1 unspecified atom stereocenters. The Morgan fingerprint density at radius 3 is 2.64 bits per heavy atom. The average Bonchev–Trinajstić information content (AvgIpc) is 2.64. The number of hydrogen-bond acceptors (Lipinski definition) is 7. The number of esters is 2. The van der Waals surface area contributed by atoms with Crippen molar-refractivity contribution in [3.63, 3.8) is 0 Å². The smallest absolute Gasteiger partial charge is 0.380 e. The second-order valence-electron chi connectivity index (χ2n) is 7.63. The molecule has 2 saturated heterocycles. The summed E-state index contributed by atoms with van der Waals surface area (Å²) in [5, 5.41) is 12.0. The van der Waals surface area contributed by atoms with Crippen LogP contribution in [-0.2, 0) is 28.6 Å². The summed E-state index contributed by atoms with van der Waals surface area (Å²) in [6.45, 7) is 3.37. The van der Waals surface area contributed by atoms with E-state index in [1.54, 1.807) is 0 Å². The standard InChI is InChI=1S/C20H33NO7/c1-3-4-5-6-7-8-9-17(24)27-20-12-10-15(21-14(2)23)18(28-20)16(11-13-22)26-19(20)25/h15-16,18,22H,3-13H2,1-2H3,(H,21,23)/t15-,16?,18+,20+/m1/s1. The first kappa shape index (κ1) is 22.6. The molecule has 2 fully saturated rings. The van der Waals surface area contributed by atoms with Crippen molar-refractivity contribution in [2.45, 2.75) is 102 Å². The third kappa shape index (κ3) is 5.91. The normalized spacial score (nSPS) is 29.1. The summed E-state index contributed by atoms with van der Waals surface area (Å²) >= 11 is 0. The van der Waals surface area contributed by atoms with Crippen LogP contribution in [0.4, 0.5) is 0 Å². The molecule has 0 aliphatic carbocycles. The summed E-state index contributed by atoms with van der Waals surface area (Å²) in [5.41, 5.74) is 0. The van der Waals surface area contributed by atoms with Crippen LogP contribution in [0.25, 0.3) is 0 Å². The van der Waals surface area contributed by atoms with Crippen LogP contribution in [-0.4, -0.2) is 53.6 Å². The van der Waals surface area contributed by atoms with Gasteiger partial charge in [0.2, 0.25) is 5.91 Å². The van der Waals surface area contributed by atoms with Crippen LogP contribution < -0.4 is 5.32 Å². The van der Waals surface area contributed by atoms with Gasteiger partial charge in [0.25, 0.3) is 0 Å². The molecule has 0 spiro atoms. The van der Waals surface area contributed by atoms with Gasteiger partial charge >= 0.3 is 17.7 Å². The summed E-state index contributed by atoms with van der Waals surface area (Å²) in [5.74, 6) is -3.18. The van der Waals surface area contributed by atoms with Gasteiger partial charge in [-0.15, -0.1) is 0 Å². The van der Waals surface area contributed by atoms with E-state index in [2.05, 4.69) is 12.2 Å². The molecule has 8 heteroatoms. The highest BCUT2D eigenvalue weighted by Gasteiger charge is 2.58. The molecule has 0 aromatic carbocycles. The first-order valence-electron chi connectivity index (χ1n) is 10.4. The predicted molar refractivity (Wildman–Crippen MR) is 100 cm³/mol. The number of cyclic esters (lactones) is 1. The van der Waals surface area contributed by atoms with Crippen LogP contribution in [0.3, 0.4) is 0 Å². The van der Waals surface area contributed by atoms with Crippen molar-refractivity contribution in [1.29, 1.82) is 0 Å². The number of ether oxygens (including phenoxy) is 3. The Labute approximate surface area is 166 Å². The lowest BCUT2D eigenvalue weighted by molar-refractivity contribution is -0.315. The Hall–Kier alpha value is -1.67. The molecule has 28 heavy (non-hydrogen) atoms. The Bertz CT molecular complexity index is 551. The van der Waals surface area contributed by atoms with Crippen molar-refractivity contribution in [2.24, 2.45) is 0 Å². The number of hydrogen-bond donors (Lipinski definition) is 2. The highest BCUT2D eigenvalue weighted by atomic mass is 16.8. The van der Waals surface area contributed by atoms with Gasteiger partial charge in [-0.1, -0.05) is 39.0 Å². The van der Waals surface area contributed by atoms with Gasteiger partial charge in [0.1, 0.15) is 12.2 Å². The van der Waals surface area contributed by atoms with E-state index in [9.17, 15) is 19.5 Å². The lowest BCUT2D eigenvalue weighted by atomic mass is 9.89. The first-order valence-corrected chi connectivity index (χ1v) is 10.4. The number of carbonyl (C=O) groups excluding carboxylic acids is 3. The van der Waals surface area contributed by atoms with E-state index in [1.807, 2.05) is 0 Å². The second-order valence-corrected chi connectivity index (χ2v) is 7.63. The molecule has 2 rings (SSSR count). The lowest BCUT2D eigenvalue weighted by Crippen LogP contribution is -2.66.